The van der Waals surface area contributed by atoms with Crippen LogP contribution in [-0.2, 0) is 10.3 Å². The zero-order chi connectivity index (χ0) is 12.5. The number of hydrogen-bond acceptors (Lipinski definition) is 3. The number of halogens is 1. The van der Waals surface area contributed by atoms with Gasteiger partial charge in [0.1, 0.15) is 5.76 Å². The molecule has 0 amide bonds. The molecule has 5 heteroatoms. The zero-order valence-corrected chi connectivity index (χ0v) is 11.3. The van der Waals surface area contributed by atoms with Gasteiger partial charge in [-0.2, -0.15) is 0 Å². The largest absolute Gasteiger partial charge is 0.480 e. The molecule has 1 fully saturated rings. The highest BCUT2D eigenvalue weighted by molar-refractivity contribution is 9.10. The highest BCUT2D eigenvalue weighted by Gasteiger charge is 2.40. The molecular formula is C12H16BrNO3. The number of aliphatic carboxylic acids is 1. The normalized spacial score (nSPS) is 20.4. The van der Waals surface area contributed by atoms with Crippen LogP contribution in [0.2, 0.25) is 0 Å². The highest BCUT2D eigenvalue weighted by Crippen LogP contribution is 2.29. The summed E-state index contributed by atoms with van der Waals surface area (Å²) in [7, 11) is 0. The van der Waals surface area contributed by atoms with Gasteiger partial charge < -0.3 is 9.52 Å². The molecule has 1 heterocycles. The van der Waals surface area contributed by atoms with Crippen LogP contribution < -0.4 is 5.32 Å². The molecule has 1 saturated carbocycles. The molecule has 1 unspecified atom stereocenters. The van der Waals surface area contributed by atoms with Crippen LogP contribution in [0.1, 0.15) is 38.4 Å². The Morgan fingerprint density at radius 1 is 1.53 bits per heavy atom. The van der Waals surface area contributed by atoms with E-state index in [1.165, 1.54) is 0 Å². The molecule has 1 aliphatic rings. The average molecular weight is 302 g/mol. The molecule has 0 aliphatic heterocycles. The molecule has 1 aromatic heterocycles. The molecule has 17 heavy (non-hydrogen) atoms. The minimum absolute atomic E-state index is 0.264. The Bertz CT molecular complexity index is 412. The lowest BCUT2D eigenvalue weighted by Crippen LogP contribution is -2.50. The molecule has 2 rings (SSSR count). The van der Waals surface area contributed by atoms with Crippen molar-refractivity contribution in [3.8, 4) is 0 Å². The second kappa shape index (κ2) is 4.82. The maximum Gasteiger partial charge on any atom is 0.331 e. The molecule has 1 aromatic rings. The van der Waals surface area contributed by atoms with Gasteiger partial charge in [0.25, 0.3) is 0 Å². The molecule has 0 bridgehead atoms. The molecule has 0 aromatic carbocycles. The van der Waals surface area contributed by atoms with E-state index in [0.717, 1.165) is 25.7 Å². The summed E-state index contributed by atoms with van der Waals surface area (Å²) in [6.07, 6.45) is 4.39. The van der Waals surface area contributed by atoms with E-state index in [1.807, 2.05) is 0 Å². The second-order valence-corrected chi connectivity index (χ2v) is 5.44. The third-order valence-electron chi connectivity index (χ3n) is 3.34. The Morgan fingerprint density at radius 2 is 2.18 bits per heavy atom. The van der Waals surface area contributed by atoms with Crippen LogP contribution in [0.3, 0.4) is 0 Å². The van der Waals surface area contributed by atoms with Crippen molar-refractivity contribution in [2.75, 3.05) is 0 Å². The number of nitrogens with one attached hydrogen (secondary N) is 1. The number of carboxylic acids is 1. The van der Waals surface area contributed by atoms with Gasteiger partial charge in [-0.3, -0.25) is 5.32 Å². The lowest BCUT2D eigenvalue weighted by molar-refractivity contribution is -0.145. The maximum atomic E-state index is 11.5. The van der Waals surface area contributed by atoms with Crippen molar-refractivity contribution in [3.05, 3.63) is 22.6 Å². The van der Waals surface area contributed by atoms with Crippen molar-refractivity contribution in [2.45, 2.75) is 44.2 Å². The van der Waals surface area contributed by atoms with Crippen LogP contribution in [0.5, 0.6) is 0 Å². The van der Waals surface area contributed by atoms with Crippen molar-refractivity contribution < 1.29 is 14.3 Å². The summed E-state index contributed by atoms with van der Waals surface area (Å²) < 4.78 is 5.94. The van der Waals surface area contributed by atoms with E-state index in [-0.39, 0.29) is 6.04 Å². The lowest BCUT2D eigenvalue weighted by atomic mass is 9.97. The summed E-state index contributed by atoms with van der Waals surface area (Å²) in [5, 5.41) is 12.6. The van der Waals surface area contributed by atoms with Gasteiger partial charge in [0.05, 0.1) is 0 Å². The first-order valence-electron chi connectivity index (χ1n) is 5.79. The van der Waals surface area contributed by atoms with Gasteiger partial charge in [-0.15, -0.1) is 0 Å². The van der Waals surface area contributed by atoms with Gasteiger partial charge in [-0.05, 0) is 47.8 Å². The Balaban J connectivity index is 2.22. The van der Waals surface area contributed by atoms with E-state index < -0.39 is 11.5 Å². The summed E-state index contributed by atoms with van der Waals surface area (Å²) in [5.41, 5.74) is -1.15. The molecule has 0 radical (unpaired) electrons. The van der Waals surface area contributed by atoms with Crippen molar-refractivity contribution in [1.82, 2.24) is 5.32 Å². The van der Waals surface area contributed by atoms with Crippen LogP contribution in [0.25, 0.3) is 0 Å². The zero-order valence-electron chi connectivity index (χ0n) is 9.70. The van der Waals surface area contributed by atoms with E-state index >= 15 is 0 Å². The smallest absolute Gasteiger partial charge is 0.331 e. The highest BCUT2D eigenvalue weighted by atomic mass is 79.9. The van der Waals surface area contributed by atoms with E-state index in [9.17, 15) is 9.90 Å². The molecule has 94 valence electrons. The number of hydrogen-bond donors (Lipinski definition) is 2. The molecule has 2 N–H and O–H groups in total. The molecule has 1 atom stereocenters. The molecule has 1 aliphatic carbocycles. The maximum absolute atomic E-state index is 11.5. The van der Waals surface area contributed by atoms with E-state index in [2.05, 4.69) is 21.2 Å². The van der Waals surface area contributed by atoms with Crippen molar-refractivity contribution >= 4 is 21.9 Å². The minimum Gasteiger partial charge on any atom is -0.480 e. The van der Waals surface area contributed by atoms with Crippen LogP contribution >= 0.6 is 15.9 Å². The van der Waals surface area contributed by atoms with Gasteiger partial charge in [0.2, 0.25) is 0 Å². The molecule has 0 saturated heterocycles. The van der Waals surface area contributed by atoms with Crippen molar-refractivity contribution in [1.29, 1.82) is 0 Å². The van der Waals surface area contributed by atoms with Crippen LogP contribution in [0.15, 0.2) is 21.2 Å². The fraction of sp³-hybridized carbons (Fsp3) is 0.583. The Labute approximate surface area is 109 Å². The van der Waals surface area contributed by atoms with Gasteiger partial charge in [0.15, 0.2) is 10.2 Å². The quantitative estimate of drug-likeness (QED) is 0.897. The van der Waals surface area contributed by atoms with Crippen LogP contribution in [0, 0.1) is 0 Å². The third kappa shape index (κ3) is 2.55. The van der Waals surface area contributed by atoms with Crippen LogP contribution in [-0.4, -0.2) is 17.1 Å². The molecule has 4 nitrogen and oxygen atoms in total. The monoisotopic (exact) mass is 301 g/mol. The van der Waals surface area contributed by atoms with Gasteiger partial charge >= 0.3 is 5.97 Å². The van der Waals surface area contributed by atoms with Gasteiger partial charge in [-0.25, -0.2) is 4.79 Å². The average Bonchev–Trinajstić information content (AvgIpc) is 2.89. The summed E-state index contributed by atoms with van der Waals surface area (Å²) in [6.45, 7) is 1.65. The predicted octanol–water partition coefficient (Wildman–Crippen LogP) is 2.87. The lowest BCUT2D eigenvalue weighted by Gasteiger charge is -2.27. The van der Waals surface area contributed by atoms with E-state index in [4.69, 9.17) is 4.42 Å². The SMILES string of the molecule is CC(NC1CCCC1)(C(=O)O)c1ccc(Br)o1. The predicted molar refractivity (Wildman–Crippen MR) is 66.8 cm³/mol. The fourth-order valence-electron chi connectivity index (χ4n) is 2.30. The molecular weight excluding hydrogens is 286 g/mol. The Morgan fingerprint density at radius 3 is 2.65 bits per heavy atom. The minimum atomic E-state index is -1.15. The first-order valence-corrected chi connectivity index (χ1v) is 6.58. The summed E-state index contributed by atoms with van der Waals surface area (Å²) in [5.74, 6) is -0.477. The Kier molecular flexibility index (Phi) is 3.58. The third-order valence-corrected chi connectivity index (χ3v) is 3.77. The fourth-order valence-corrected chi connectivity index (χ4v) is 2.61. The second-order valence-electron chi connectivity index (χ2n) is 4.66. The van der Waals surface area contributed by atoms with Gasteiger partial charge in [0, 0.05) is 6.04 Å². The summed E-state index contributed by atoms with van der Waals surface area (Å²) >= 11 is 3.20. The standard InChI is InChI=1S/C12H16BrNO3/c1-12(11(15)16,9-6-7-10(13)17-9)14-8-4-2-3-5-8/h6-8,14H,2-5H2,1H3,(H,15,16). The first-order chi connectivity index (χ1) is 8.02. The number of carbonyl (C=O) groups is 1. The van der Waals surface area contributed by atoms with Crippen LogP contribution in [0.4, 0.5) is 0 Å². The van der Waals surface area contributed by atoms with E-state index in [0.29, 0.717) is 10.4 Å². The Hall–Kier alpha value is -0.810. The molecule has 0 spiro atoms. The first kappa shape index (κ1) is 12.6. The van der Waals surface area contributed by atoms with E-state index in [1.54, 1.807) is 19.1 Å². The van der Waals surface area contributed by atoms with Crippen molar-refractivity contribution in [3.63, 3.8) is 0 Å². The topological polar surface area (TPSA) is 62.5 Å². The number of rotatable bonds is 4. The number of furan rings is 1. The summed E-state index contributed by atoms with van der Waals surface area (Å²) in [6, 6.07) is 3.67. The van der Waals surface area contributed by atoms with Crippen molar-refractivity contribution in [2.24, 2.45) is 0 Å². The number of carboxylic acid groups (broad SMARTS) is 1. The van der Waals surface area contributed by atoms with Gasteiger partial charge in [-0.1, -0.05) is 12.8 Å². The summed E-state index contributed by atoms with van der Waals surface area (Å²) in [4.78, 5) is 11.5.